The van der Waals surface area contributed by atoms with Crippen LogP contribution in [0.4, 0.5) is 5.69 Å². The first kappa shape index (κ1) is 12.3. The topological polar surface area (TPSA) is 46.2 Å². The lowest BCUT2D eigenvalue weighted by Crippen LogP contribution is -2.06. The number of benzene rings is 2. The smallest absolute Gasteiger partial charge is 0.221 e. The standard InChI is InChI=1S/C15H15NO2/c1-10(17)9-12-5-3-7-14-13(12)6-4-8-15(14)16-11(2)18/h3-8H,9H2,1-2H3,(H,16,18). The summed E-state index contributed by atoms with van der Waals surface area (Å²) in [5.41, 5.74) is 1.78. The number of fused-ring (bicyclic) bond motifs is 1. The number of amides is 1. The summed E-state index contributed by atoms with van der Waals surface area (Å²) in [4.78, 5) is 22.4. The zero-order valence-electron chi connectivity index (χ0n) is 10.5. The summed E-state index contributed by atoms with van der Waals surface area (Å²) in [7, 11) is 0. The molecule has 2 aromatic carbocycles. The summed E-state index contributed by atoms with van der Waals surface area (Å²) in [6, 6.07) is 11.5. The van der Waals surface area contributed by atoms with Gasteiger partial charge < -0.3 is 5.32 Å². The Hall–Kier alpha value is -2.16. The first-order valence-corrected chi connectivity index (χ1v) is 5.85. The fraction of sp³-hybridized carbons (Fsp3) is 0.200. The minimum atomic E-state index is -0.0977. The third kappa shape index (κ3) is 2.56. The van der Waals surface area contributed by atoms with Gasteiger partial charge >= 0.3 is 0 Å². The van der Waals surface area contributed by atoms with Gasteiger partial charge in [0.2, 0.25) is 5.91 Å². The van der Waals surface area contributed by atoms with E-state index in [1.54, 1.807) is 6.92 Å². The van der Waals surface area contributed by atoms with Crippen molar-refractivity contribution in [2.45, 2.75) is 20.3 Å². The van der Waals surface area contributed by atoms with E-state index >= 15 is 0 Å². The van der Waals surface area contributed by atoms with Gasteiger partial charge in [-0.05, 0) is 23.9 Å². The molecule has 0 heterocycles. The van der Waals surface area contributed by atoms with E-state index in [4.69, 9.17) is 0 Å². The molecule has 0 aromatic heterocycles. The van der Waals surface area contributed by atoms with Gasteiger partial charge in [0.15, 0.2) is 0 Å². The summed E-state index contributed by atoms with van der Waals surface area (Å²) in [6.45, 7) is 3.06. The molecule has 0 bridgehead atoms. The largest absolute Gasteiger partial charge is 0.326 e. The van der Waals surface area contributed by atoms with Crippen LogP contribution in [0.25, 0.3) is 10.8 Å². The van der Waals surface area contributed by atoms with E-state index in [0.717, 1.165) is 22.0 Å². The molecule has 3 nitrogen and oxygen atoms in total. The third-order valence-corrected chi connectivity index (χ3v) is 2.76. The van der Waals surface area contributed by atoms with E-state index in [0.29, 0.717) is 6.42 Å². The highest BCUT2D eigenvalue weighted by molar-refractivity contribution is 6.03. The monoisotopic (exact) mass is 241 g/mol. The lowest BCUT2D eigenvalue weighted by Gasteiger charge is -2.10. The van der Waals surface area contributed by atoms with Crippen LogP contribution in [-0.4, -0.2) is 11.7 Å². The number of Topliss-reactive ketones (excluding diaryl/α,β-unsaturated/α-hetero) is 1. The summed E-state index contributed by atoms with van der Waals surface area (Å²) in [6.07, 6.45) is 0.418. The molecule has 0 atom stereocenters. The Bertz CT molecular complexity index is 562. The maximum Gasteiger partial charge on any atom is 0.221 e. The predicted molar refractivity (Wildman–Crippen MR) is 72.6 cm³/mol. The van der Waals surface area contributed by atoms with Gasteiger partial charge in [-0.2, -0.15) is 0 Å². The molecule has 0 aliphatic carbocycles. The van der Waals surface area contributed by atoms with Crippen LogP contribution in [-0.2, 0) is 16.0 Å². The molecule has 0 radical (unpaired) electrons. The second-order valence-corrected chi connectivity index (χ2v) is 4.38. The van der Waals surface area contributed by atoms with Crippen LogP contribution in [0.15, 0.2) is 36.4 Å². The van der Waals surface area contributed by atoms with Crippen LogP contribution in [0.3, 0.4) is 0 Å². The Morgan fingerprint density at radius 3 is 2.33 bits per heavy atom. The van der Waals surface area contributed by atoms with Gasteiger partial charge in [0.1, 0.15) is 5.78 Å². The van der Waals surface area contributed by atoms with Crippen molar-refractivity contribution in [1.29, 1.82) is 0 Å². The van der Waals surface area contributed by atoms with Crippen LogP contribution >= 0.6 is 0 Å². The van der Waals surface area contributed by atoms with Crippen molar-refractivity contribution in [2.75, 3.05) is 5.32 Å². The van der Waals surface area contributed by atoms with E-state index in [1.807, 2.05) is 36.4 Å². The normalized spacial score (nSPS) is 10.3. The number of carbonyl (C=O) groups is 2. The minimum Gasteiger partial charge on any atom is -0.326 e. The second kappa shape index (κ2) is 5.00. The summed E-state index contributed by atoms with van der Waals surface area (Å²) >= 11 is 0. The van der Waals surface area contributed by atoms with Crippen molar-refractivity contribution in [2.24, 2.45) is 0 Å². The van der Waals surface area contributed by atoms with Crippen molar-refractivity contribution in [3.8, 4) is 0 Å². The van der Waals surface area contributed by atoms with Crippen molar-refractivity contribution >= 4 is 28.2 Å². The minimum absolute atomic E-state index is 0.0977. The number of hydrogen-bond donors (Lipinski definition) is 1. The van der Waals surface area contributed by atoms with E-state index in [9.17, 15) is 9.59 Å². The molecule has 0 aliphatic heterocycles. The molecular weight excluding hydrogens is 226 g/mol. The highest BCUT2D eigenvalue weighted by Gasteiger charge is 2.07. The SMILES string of the molecule is CC(=O)Cc1cccc2c(NC(C)=O)cccc12. The molecule has 2 aromatic rings. The molecule has 2 rings (SSSR count). The third-order valence-electron chi connectivity index (χ3n) is 2.76. The number of carbonyl (C=O) groups excluding carboxylic acids is 2. The second-order valence-electron chi connectivity index (χ2n) is 4.38. The zero-order chi connectivity index (χ0) is 13.1. The van der Waals surface area contributed by atoms with Gasteiger partial charge in [-0.3, -0.25) is 9.59 Å². The number of rotatable bonds is 3. The quantitative estimate of drug-likeness (QED) is 0.898. The van der Waals surface area contributed by atoms with E-state index < -0.39 is 0 Å². The Kier molecular flexibility index (Phi) is 3.42. The maximum absolute atomic E-state index is 11.2. The molecule has 92 valence electrons. The molecule has 0 saturated carbocycles. The van der Waals surface area contributed by atoms with Gasteiger partial charge in [0, 0.05) is 24.4 Å². The van der Waals surface area contributed by atoms with Crippen molar-refractivity contribution in [1.82, 2.24) is 0 Å². The molecular formula is C15H15NO2. The lowest BCUT2D eigenvalue weighted by molar-refractivity contribution is -0.116. The van der Waals surface area contributed by atoms with Crippen molar-refractivity contribution < 1.29 is 9.59 Å². The Balaban J connectivity index is 2.57. The summed E-state index contributed by atoms with van der Waals surface area (Å²) in [5, 5.41) is 4.78. The lowest BCUT2D eigenvalue weighted by atomic mass is 9.99. The van der Waals surface area contributed by atoms with E-state index in [-0.39, 0.29) is 11.7 Å². The Labute approximate surface area is 106 Å². The van der Waals surface area contributed by atoms with Gasteiger partial charge in [-0.1, -0.05) is 30.3 Å². The van der Waals surface area contributed by atoms with Crippen molar-refractivity contribution in [3.63, 3.8) is 0 Å². The first-order valence-electron chi connectivity index (χ1n) is 5.85. The zero-order valence-corrected chi connectivity index (χ0v) is 10.5. The van der Waals surface area contributed by atoms with Crippen LogP contribution in [0.5, 0.6) is 0 Å². The number of ketones is 1. The highest BCUT2D eigenvalue weighted by atomic mass is 16.1. The van der Waals surface area contributed by atoms with Gasteiger partial charge in [0.05, 0.1) is 0 Å². The highest BCUT2D eigenvalue weighted by Crippen LogP contribution is 2.26. The van der Waals surface area contributed by atoms with Gasteiger partial charge in [-0.15, -0.1) is 0 Å². The van der Waals surface area contributed by atoms with Crippen LogP contribution in [0, 0.1) is 0 Å². The van der Waals surface area contributed by atoms with E-state index in [2.05, 4.69) is 5.32 Å². The predicted octanol–water partition coefficient (Wildman–Crippen LogP) is 2.93. The number of nitrogens with one attached hydrogen (secondary N) is 1. The molecule has 0 unspecified atom stereocenters. The molecule has 1 amide bonds. The van der Waals surface area contributed by atoms with Crippen LogP contribution < -0.4 is 5.32 Å². The number of hydrogen-bond acceptors (Lipinski definition) is 2. The Morgan fingerprint density at radius 1 is 1.00 bits per heavy atom. The molecule has 0 aliphatic rings. The summed E-state index contributed by atoms with van der Waals surface area (Å²) in [5.74, 6) is 0.0342. The Morgan fingerprint density at radius 2 is 1.67 bits per heavy atom. The molecule has 18 heavy (non-hydrogen) atoms. The summed E-state index contributed by atoms with van der Waals surface area (Å²) < 4.78 is 0. The molecule has 0 fully saturated rings. The fourth-order valence-electron chi connectivity index (χ4n) is 2.10. The van der Waals surface area contributed by atoms with Crippen LogP contribution in [0.1, 0.15) is 19.4 Å². The first-order chi connectivity index (χ1) is 8.58. The van der Waals surface area contributed by atoms with E-state index in [1.165, 1.54) is 6.92 Å². The van der Waals surface area contributed by atoms with Gasteiger partial charge in [-0.25, -0.2) is 0 Å². The molecule has 1 N–H and O–H groups in total. The van der Waals surface area contributed by atoms with Gasteiger partial charge in [0.25, 0.3) is 0 Å². The maximum atomic E-state index is 11.2. The molecule has 3 heteroatoms. The average Bonchev–Trinajstić information content (AvgIpc) is 2.29. The van der Waals surface area contributed by atoms with Crippen molar-refractivity contribution in [3.05, 3.63) is 42.0 Å². The molecule has 0 spiro atoms. The number of anilines is 1. The van der Waals surface area contributed by atoms with Crippen LogP contribution in [0.2, 0.25) is 0 Å². The fourth-order valence-corrected chi connectivity index (χ4v) is 2.10. The average molecular weight is 241 g/mol. The molecule has 0 saturated heterocycles.